The Bertz CT molecular complexity index is 894. The lowest BCUT2D eigenvalue weighted by atomic mass is 10.0. The number of benzene rings is 1. The Morgan fingerprint density at radius 1 is 0.462 bits per heavy atom. The SMILES string of the molecule is CCCCCCCCCCCCCCCCCCNC(=O)c1cc(SOOO)cc(C(=O)NCCCCCCCCCCCCCCCCCC)c1. The molecule has 1 aromatic rings. The summed E-state index contributed by atoms with van der Waals surface area (Å²) < 4.78 is 4.59. The van der Waals surface area contributed by atoms with Crippen LogP contribution in [0.5, 0.6) is 0 Å². The lowest BCUT2D eigenvalue weighted by Gasteiger charge is -2.10. The molecule has 0 saturated carbocycles. The van der Waals surface area contributed by atoms with E-state index in [-0.39, 0.29) is 11.8 Å². The average molecular weight is 749 g/mol. The minimum Gasteiger partial charge on any atom is -0.352 e. The highest BCUT2D eigenvalue weighted by Gasteiger charge is 2.14. The summed E-state index contributed by atoms with van der Waals surface area (Å²) in [5, 5.41) is 18.4. The number of hydrogen-bond acceptors (Lipinski definition) is 6. The van der Waals surface area contributed by atoms with Crippen molar-refractivity contribution in [1.29, 1.82) is 0 Å². The van der Waals surface area contributed by atoms with E-state index in [0.29, 0.717) is 29.1 Å². The van der Waals surface area contributed by atoms with Crippen LogP contribution in [0.2, 0.25) is 0 Å². The molecule has 1 aromatic carbocycles. The van der Waals surface area contributed by atoms with Gasteiger partial charge in [0.15, 0.2) is 0 Å². The predicted molar refractivity (Wildman–Crippen MR) is 221 cm³/mol. The molecule has 0 saturated heterocycles. The Labute approximate surface area is 324 Å². The largest absolute Gasteiger partial charge is 0.352 e. The fraction of sp³-hybridized carbons (Fsp3) is 0.818. The van der Waals surface area contributed by atoms with E-state index in [1.54, 1.807) is 18.2 Å². The van der Waals surface area contributed by atoms with Crippen LogP contribution in [-0.4, -0.2) is 30.2 Å². The van der Waals surface area contributed by atoms with Crippen molar-refractivity contribution in [2.75, 3.05) is 13.1 Å². The van der Waals surface area contributed by atoms with Crippen molar-refractivity contribution in [3.05, 3.63) is 29.3 Å². The van der Waals surface area contributed by atoms with Gasteiger partial charge in [-0.15, -0.1) is 4.33 Å². The Morgan fingerprint density at radius 3 is 1.00 bits per heavy atom. The third-order valence-corrected chi connectivity index (χ3v) is 10.8. The zero-order valence-corrected chi connectivity index (χ0v) is 34.6. The summed E-state index contributed by atoms with van der Waals surface area (Å²) in [7, 11) is 0. The van der Waals surface area contributed by atoms with Gasteiger partial charge in [0.25, 0.3) is 11.8 Å². The Kier molecular flexibility index (Phi) is 35.1. The maximum Gasteiger partial charge on any atom is 0.251 e. The van der Waals surface area contributed by atoms with E-state index in [9.17, 15) is 9.59 Å². The number of nitrogens with one attached hydrogen (secondary N) is 2. The van der Waals surface area contributed by atoms with Gasteiger partial charge >= 0.3 is 0 Å². The van der Waals surface area contributed by atoms with Crippen LogP contribution in [0.3, 0.4) is 0 Å². The first kappa shape index (κ1) is 48.4. The minimum absolute atomic E-state index is 0.222. The standard InChI is InChI=1S/C44H80N2O5S/c1-3-5-7-9-11-13-15-17-19-21-23-25-27-29-31-33-35-45-43(47)40-37-41(39-42(38-40)52-51-50-49)44(48)46-36-34-32-30-28-26-24-22-20-18-16-14-12-10-8-6-4-2/h37-39,49H,3-36H2,1-2H3,(H,45,47)(H,46,48). The molecular formula is C44H80N2O5S. The van der Waals surface area contributed by atoms with E-state index >= 15 is 0 Å². The minimum atomic E-state index is -0.222. The molecule has 0 atom stereocenters. The third kappa shape index (κ3) is 29.8. The first-order valence-electron chi connectivity index (χ1n) is 22.0. The summed E-state index contributed by atoms with van der Waals surface area (Å²) in [5.41, 5.74) is 0.770. The first-order valence-corrected chi connectivity index (χ1v) is 22.7. The van der Waals surface area contributed by atoms with Crippen LogP contribution in [0, 0.1) is 0 Å². The van der Waals surface area contributed by atoms with Crippen molar-refractivity contribution in [1.82, 2.24) is 10.6 Å². The van der Waals surface area contributed by atoms with Crippen LogP contribution in [0.1, 0.15) is 240 Å². The highest BCUT2D eigenvalue weighted by Crippen LogP contribution is 2.23. The number of unbranched alkanes of at least 4 members (excludes halogenated alkanes) is 30. The van der Waals surface area contributed by atoms with E-state index in [2.05, 4.69) is 33.9 Å². The van der Waals surface area contributed by atoms with Gasteiger partial charge in [0.1, 0.15) is 0 Å². The average Bonchev–Trinajstić information content (AvgIpc) is 3.16. The molecule has 0 radical (unpaired) electrons. The van der Waals surface area contributed by atoms with Crippen LogP contribution in [0.25, 0.3) is 0 Å². The number of carbonyl (C=O) groups is 2. The molecule has 3 N–H and O–H groups in total. The number of amides is 2. The predicted octanol–water partition coefficient (Wildman–Crippen LogP) is 14.1. The Balaban J connectivity index is 2.16. The van der Waals surface area contributed by atoms with Gasteiger partial charge in [-0.2, -0.15) is 0 Å². The molecule has 0 aliphatic rings. The molecule has 7 nitrogen and oxygen atoms in total. The number of rotatable bonds is 39. The molecule has 0 heterocycles. The highest BCUT2D eigenvalue weighted by atomic mass is 32.2. The molecule has 0 spiro atoms. The lowest BCUT2D eigenvalue weighted by molar-refractivity contribution is -0.432. The lowest BCUT2D eigenvalue weighted by Crippen LogP contribution is -2.27. The summed E-state index contributed by atoms with van der Waals surface area (Å²) in [6.45, 7) is 5.76. The number of carbonyl (C=O) groups excluding carboxylic acids is 2. The molecule has 52 heavy (non-hydrogen) atoms. The molecule has 2 amide bonds. The summed E-state index contributed by atoms with van der Waals surface area (Å²) in [4.78, 5) is 26.4. The monoisotopic (exact) mass is 749 g/mol. The van der Waals surface area contributed by atoms with Crippen LogP contribution in [0.4, 0.5) is 0 Å². The second kappa shape index (κ2) is 37.7. The maximum absolute atomic E-state index is 13.0. The van der Waals surface area contributed by atoms with Gasteiger partial charge in [0, 0.05) is 29.1 Å². The molecule has 0 bridgehead atoms. The van der Waals surface area contributed by atoms with E-state index in [0.717, 1.165) is 37.7 Å². The quantitative estimate of drug-likeness (QED) is 0.0268. The topological polar surface area (TPSA) is 96.9 Å². The molecule has 302 valence electrons. The summed E-state index contributed by atoms with van der Waals surface area (Å²) in [5.74, 6) is -0.444. The third-order valence-electron chi connectivity index (χ3n) is 10.2. The molecular weight excluding hydrogens is 669 g/mol. The molecule has 1 rings (SSSR count). The molecule has 0 aliphatic carbocycles. The molecule has 8 heteroatoms. The summed E-state index contributed by atoms with van der Waals surface area (Å²) >= 11 is 0.753. The van der Waals surface area contributed by atoms with Crippen molar-refractivity contribution < 1.29 is 24.2 Å². The van der Waals surface area contributed by atoms with Gasteiger partial charge in [-0.25, -0.2) is 5.26 Å². The zero-order valence-electron chi connectivity index (χ0n) is 33.8. The van der Waals surface area contributed by atoms with E-state index in [1.807, 2.05) is 0 Å². The number of hydrogen-bond donors (Lipinski definition) is 3. The molecule has 0 aromatic heterocycles. The van der Waals surface area contributed by atoms with Crippen LogP contribution in [0.15, 0.2) is 23.1 Å². The van der Waals surface area contributed by atoms with Crippen molar-refractivity contribution in [3.63, 3.8) is 0 Å². The molecule has 0 unspecified atom stereocenters. The zero-order chi connectivity index (χ0) is 37.6. The second-order valence-corrected chi connectivity index (χ2v) is 15.9. The fourth-order valence-electron chi connectivity index (χ4n) is 6.92. The smallest absolute Gasteiger partial charge is 0.251 e. The molecule has 0 fully saturated rings. The van der Waals surface area contributed by atoms with Gasteiger partial charge < -0.3 is 10.6 Å². The van der Waals surface area contributed by atoms with Gasteiger partial charge in [-0.1, -0.05) is 212 Å². The van der Waals surface area contributed by atoms with E-state index in [1.165, 1.54) is 180 Å². The van der Waals surface area contributed by atoms with Gasteiger partial charge in [-0.3, -0.25) is 9.59 Å². The fourth-order valence-corrected chi connectivity index (χ4v) is 7.38. The second-order valence-electron chi connectivity index (χ2n) is 15.1. The van der Waals surface area contributed by atoms with Crippen molar-refractivity contribution in [3.8, 4) is 0 Å². The van der Waals surface area contributed by atoms with Crippen molar-refractivity contribution in [2.24, 2.45) is 0 Å². The summed E-state index contributed by atoms with van der Waals surface area (Å²) in [6.07, 6.45) is 42.1. The van der Waals surface area contributed by atoms with E-state index in [4.69, 9.17) is 5.26 Å². The van der Waals surface area contributed by atoms with Gasteiger partial charge in [0.05, 0.1) is 12.0 Å². The Hall–Kier alpha value is -1.61. The van der Waals surface area contributed by atoms with Crippen LogP contribution in [-0.2, 0) is 9.37 Å². The van der Waals surface area contributed by atoms with Gasteiger partial charge in [-0.05, 0) is 31.0 Å². The normalized spacial score (nSPS) is 11.3. The van der Waals surface area contributed by atoms with E-state index < -0.39 is 0 Å². The molecule has 0 aliphatic heterocycles. The van der Waals surface area contributed by atoms with Crippen LogP contribution >= 0.6 is 12.0 Å². The summed E-state index contributed by atoms with van der Waals surface area (Å²) in [6, 6.07) is 4.90. The highest BCUT2D eigenvalue weighted by molar-refractivity contribution is 7.94. The maximum atomic E-state index is 13.0. The van der Waals surface area contributed by atoms with Gasteiger partial charge in [0.2, 0.25) is 0 Å². The Morgan fingerprint density at radius 2 is 0.731 bits per heavy atom. The van der Waals surface area contributed by atoms with Crippen LogP contribution < -0.4 is 10.6 Å². The first-order chi connectivity index (χ1) is 25.6. The van der Waals surface area contributed by atoms with Crippen molar-refractivity contribution >= 4 is 23.9 Å². The van der Waals surface area contributed by atoms with Crippen molar-refractivity contribution in [2.45, 2.75) is 224 Å².